The number of sulfonamides is 1. The lowest BCUT2D eigenvalue weighted by atomic mass is 10.1. The van der Waals surface area contributed by atoms with Crippen molar-refractivity contribution >= 4 is 38.6 Å². The van der Waals surface area contributed by atoms with E-state index in [4.69, 9.17) is 18.0 Å². The van der Waals surface area contributed by atoms with Crippen molar-refractivity contribution in [3.63, 3.8) is 0 Å². The zero-order valence-electron chi connectivity index (χ0n) is 9.80. The first-order valence-corrected chi connectivity index (χ1v) is 7.69. The van der Waals surface area contributed by atoms with E-state index in [2.05, 4.69) is 9.71 Å². The Morgan fingerprint density at radius 1 is 1.59 bits per heavy atom. The quantitative estimate of drug-likeness (QED) is 0.792. The van der Waals surface area contributed by atoms with Crippen LogP contribution in [0.3, 0.4) is 0 Å². The van der Waals surface area contributed by atoms with Crippen molar-refractivity contribution in [3.05, 3.63) is 11.2 Å². The molecule has 0 saturated heterocycles. The fourth-order valence-electron chi connectivity index (χ4n) is 1.21. The Morgan fingerprint density at radius 2 is 2.18 bits per heavy atom. The standard InChI is InChI=1S/C9H15N3O2S3/c1-5(2)8(9(10)15)12-17(13,14)7-4-11-6(3)16-7/h4-5,8,12H,1-3H3,(H2,10,15). The van der Waals surface area contributed by atoms with Crippen LogP contribution in [0.25, 0.3) is 0 Å². The summed E-state index contributed by atoms with van der Waals surface area (Å²) in [5, 5.41) is 0.696. The Morgan fingerprint density at radius 3 is 2.53 bits per heavy atom. The van der Waals surface area contributed by atoms with Gasteiger partial charge in [0.15, 0.2) is 4.21 Å². The van der Waals surface area contributed by atoms with Gasteiger partial charge in [-0.05, 0) is 12.8 Å². The lowest BCUT2D eigenvalue weighted by Crippen LogP contribution is -2.46. The van der Waals surface area contributed by atoms with Gasteiger partial charge in [-0.1, -0.05) is 26.1 Å². The molecular weight excluding hydrogens is 278 g/mol. The lowest BCUT2D eigenvalue weighted by molar-refractivity contribution is 0.527. The molecule has 1 atom stereocenters. The molecule has 17 heavy (non-hydrogen) atoms. The van der Waals surface area contributed by atoms with Gasteiger partial charge in [-0.25, -0.2) is 18.1 Å². The monoisotopic (exact) mass is 293 g/mol. The number of hydrogen-bond acceptors (Lipinski definition) is 5. The summed E-state index contributed by atoms with van der Waals surface area (Å²) in [5.41, 5.74) is 5.52. The molecule has 1 aromatic rings. The fraction of sp³-hybridized carbons (Fsp3) is 0.556. The first-order valence-electron chi connectivity index (χ1n) is 4.98. The van der Waals surface area contributed by atoms with Crippen LogP contribution in [0.15, 0.2) is 10.4 Å². The normalized spacial score (nSPS) is 13.9. The van der Waals surface area contributed by atoms with Crippen LogP contribution in [-0.2, 0) is 10.0 Å². The molecule has 0 bridgehead atoms. The predicted octanol–water partition coefficient (Wildman–Crippen LogP) is 1.04. The van der Waals surface area contributed by atoms with Crippen LogP contribution in [0.5, 0.6) is 0 Å². The third-order valence-electron chi connectivity index (χ3n) is 2.12. The van der Waals surface area contributed by atoms with Crippen molar-refractivity contribution in [1.29, 1.82) is 0 Å². The van der Waals surface area contributed by atoms with Gasteiger partial charge in [0.2, 0.25) is 0 Å². The average molecular weight is 293 g/mol. The largest absolute Gasteiger partial charge is 0.392 e. The highest BCUT2D eigenvalue weighted by Gasteiger charge is 2.25. The molecule has 0 amide bonds. The van der Waals surface area contributed by atoms with Crippen molar-refractivity contribution < 1.29 is 8.42 Å². The molecule has 0 aromatic carbocycles. The molecule has 0 fully saturated rings. The summed E-state index contributed by atoms with van der Waals surface area (Å²) in [4.78, 5) is 4.06. The van der Waals surface area contributed by atoms with E-state index >= 15 is 0 Å². The molecule has 8 heteroatoms. The second-order valence-corrected chi connectivity index (χ2v) is 7.59. The highest BCUT2D eigenvalue weighted by Crippen LogP contribution is 2.18. The number of aryl methyl sites for hydroxylation is 1. The van der Waals surface area contributed by atoms with Gasteiger partial charge in [0.05, 0.1) is 22.2 Å². The minimum absolute atomic E-state index is 0.00343. The zero-order chi connectivity index (χ0) is 13.2. The number of thiazole rings is 1. The van der Waals surface area contributed by atoms with Crippen LogP contribution in [0.2, 0.25) is 0 Å². The maximum absolute atomic E-state index is 12.0. The van der Waals surface area contributed by atoms with Gasteiger partial charge in [-0.2, -0.15) is 0 Å². The number of nitrogens with zero attached hydrogens (tertiary/aromatic N) is 1. The maximum Gasteiger partial charge on any atom is 0.252 e. The first kappa shape index (κ1) is 14.5. The summed E-state index contributed by atoms with van der Waals surface area (Å²) in [5.74, 6) is -0.00343. The highest BCUT2D eigenvalue weighted by molar-refractivity contribution is 7.91. The minimum Gasteiger partial charge on any atom is -0.392 e. The summed E-state index contributed by atoms with van der Waals surface area (Å²) in [6, 6.07) is -0.544. The lowest BCUT2D eigenvalue weighted by Gasteiger charge is -2.20. The molecule has 1 rings (SSSR count). The van der Waals surface area contributed by atoms with Gasteiger partial charge in [0.1, 0.15) is 0 Å². The Labute approximate surface area is 110 Å². The Bertz CT molecular complexity index is 507. The Kier molecular flexibility index (Phi) is 4.59. The highest BCUT2D eigenvalue weighted by atomic mass is 32.2. The van der Waals surface area contributed by atoms with E-state index in [1.807, 2.05) is 13.8 Å². The van der Waals surface area contributed by atoms with E-state index < -0.39 is 16.1 Å². The van der Waals surface area contributed by atoms with Crippen molar-refractivity contribution in [2.75, 3.05) is 0 Å². The second kappa shape index (κ2) is 5.38. The van der Waals surface area contributed by atoms with E-state index in [-0.39, 0.29) is 15.1 Å². The molecule has 0 aliphatic heterocycles. The van der Waals surface area contributed by atoms with Gasteiger partial charge in [0, 0.05) is 0 Å². The minimum atomic E-state index is -3.59. The van der Waals surface area contributed by atoms with Gasteiger partial charge >= 0.3 is 0 Å². The number of nitrogens with one attached hydrogen (secondary N) is 1. The molecule has 0 aliphatic carbocycles. The van der Waals surface area contributed by atoms with E-state index in [9.17, 15) is 8.42 Å². The predicted molar refractivity (Wildman–Crippen MR) is 72.6 cm³/mol. The van der Waals surface area contributed by atoms with Crippen LogP contribution >= 0.6 is 23.6 Å². The Balaban J connectivity index is 2.97. The third-order valence-corrected chi connectivity index (χ3v) is 5.19. The number of rotatable bonds is 5. The van der Waals surface area contributed by atoms with Crippen LogP contribution < -0.4 is 10.5 Å². The number of hydrogen-bond donors (Lipinski definition) is 2. The molecular formula is C9H15N3O2S3. The van der Waals surface area contributed by atoms with Gasteiger partial charge < -0.3 is 5.73 Å². The van der Waals surface area contributed by atoms with Crippen LogP contribution in [-0.4, -0.2) is 24.4 Å². The van der Waals surface area contributed by atoms with E-state index in [1.165, 1.54) is 6.20 Å². The van der Waals surface area contributed by atoms with Crippen LogP contribution in [0, 0.1) is 12.8 Å². The average Bonchev–Trinajstić information content (AvgIpc) is 2.61. The van der Waals surface area contributed by atoms with Crippen molar-refractivity contribution in [1.82, 2.24) is 9.71 Å². The number of nitrogens with two attached hydrogens (primary N) is 1. The summed E-state index contributed by atoms with van der Waals surface area (Å²) in [6.45, 7) is 5.45. The summed E-state index contributed by atoms with van der Waals surface area (Å²) >= 11 is 5.97. The molecule has 1 heterocycles. The fourth-order valence-corrected chi connectivity index (χ4v) is 4.11. The number of aromatic nitrogens is 1. The van der Waals surface area contributed by atoms with Crippen LogP contribution in [0.4, 0.5) is 0 Å². The van der Waals surface area contributed by atoms with E-state index in [0.717, 1.165) is 11.3 Å². The zero-order valence-corrected chi connectivity index (χ0v) is 12.2. The molecule has 0 aliphatic rings. The molecule has 1 aromatic heterocycles. The topological polar surface area (TPSA) is 85.1 Å². The van der Waals surface area contributed by atoms with E-state index in [0.29, 0.717) is 5.01 Å². The van der Waals surface area contributed by atoms with Gasteiger partial charge in [-0.15, -0.1) is 11.3 Å². The summed E-state index contributed by atoms with van der Waals surface area (Å²) in [7, 11) is -3.59. The molecule has 3 N–H and O–H groups in total. The third kappa shape index (κ3) is 3.70. The van der Waals surface area contributed by atoms with Crippen molar-refractivity contribution in [3.8, 4) is 0 Å². The molecule has 0 saturated carbocycles. The molecule has 1 unspecified atom stereocenters. The molecule has 5 nitrogen and oxygen atoms in total. The SMILES string of the molecule is Cc1ncc(S(=O)(=O)NC(C(N)=S)C(C)C)s1. The molecule has 96 valence electrons. The van der Waals surface area contributed by atoms with Crippen LogP contribution in [0.1, 0.15) is 18.9 Å². The molecule has 0 radical (unpaired) electrons. The number of thiocarbonyl (C=S) groups is 1. The smallest absolute Gasteiger partial charge is 0.252 e. The Hall–Kier alpha value is -0.570. The summed E-state index contributed by atoms with van der Waals surface area (Å²) in [6.07, 6.45) is 1.33. The van der Waals surface area contributed by atoms with Crippen molar-refractivity contribution in [2.24, 2.45) is 11.7 Å². The summed E-state index contributed by atoms with van der Waals surface area (Å²) < 4.78 is 26.7. The van der Waals surface area contributed by atoms with Crippen molar-refractivity contribution in [2.45, 2.75) is 31.0 Å². The van der Waals surface area contributed by atoms with E-state index in [1.54, 1.807) is 6.92 Å². The second-order valence-electron chi connectivity index (χ2n) is 3.94. The maximum atomic E-state index is 12.0. The van der Waals surface area contributed by atoms with Gasteiger partial charge in [0.25, 0.3) is 10.0 Å². The first-order chi connectivity index (χ1) is 7.74. The van der Waals surface area contributed by atoms with Gasteiger partial charge in [-0.3, -0.25) is 0 Å². The molecule has 0 spiro atoms.